The van der Waals surface area contributed by atoms with Gasteiger partial charge in [-0.05, 0) is 22.0 Å². The van der Waals surface area contributed by atoms with Crippen molar-refractivity contribution in [1.29, 1.82) is 0 Å². The molecule has 0 aromatic carbocycles. The molecular weight excluding hydrogens is 352 g/mol. The smallest absolute Gasteiger partial charge is 0.107 e. The average Bonchev–Trinajstić information content (AvgIpc) is 2.95. The molecule has 7 heteroatoms. The molecule has 1 aromatic rings. The Bertz CT molecular complexity index is 400. The zero-order valence-corrected chi connectivity index (χ0v) is 14.1. The highest BCUT2D eigenvalue weighted by molar-refractivity contribution is 9.10. The summed E-state index contributed by atoms with van der Waals surface area (Å²) in [7, 11) is 3.44. The summed E-state index contributed by atoms with van der Waals surface area (Å²) >= 11 is 11.1. The summed E-state index contributed by atoms with van der Waals surface area (Å²) in [4.78, 5) is 3.47. The number of ether oxygens (including phenoxy) is 2. The zero-order chi connectivity index (χ0) is 14.0. The van der Waals surface area contributed by atoms with Crippen molar-refractivity contribution < 1.29 is 9.47 Å². The van der Waals surface area contributed by atoms with E-state index in [1.54, 1.807) is 25.6 Å². The number of halogens is 2. The quantitative estimate of drug-likeness (QED) is 0.866. The second kappa shape index (κ2) is 6.85. The fourth-order valence-corrected chi connectivity index (χ4v) is 4.34. The fraction of sp³-hybridized carbons (Fsp3) is 0.667. The summed E-state index contributed by atoms with van der Waals surface area (Å²) in [6.45, 7) is 2.20. The van der Waals surface area contributed by atoms with Crippen LogP contribution in [-0.4, -0.2) is 51.0 Å². The van der Waals surface area contributed by atoms with E-state index in [4.69, 9.17) is 26.8 Å². The second-order valence-electron chi connectivity index (χ2n) is 4.52. The number of methoxy groups -OCH3 is 2. The number of hydrogen-bond donors (Lipinski definition) is 1. The minimum absolute atomic E-state index is 0.0953. The number of hydrogen-bond acceptors (Lipinski definition) is 5. The van der Waals surface area contributed by atoms with Crippen molar-refractivity contribution in [2.45, 2.75) is 18.2 Å². The van der Waals surface area contributed by atoms with E-state index in [1.807, 2.05) is 6.07 Å². The Labute approximate surface area is 130 Å². The van der Waals surface area contributed by atoms with Gasteiger partial charge in [-0.1, -0.05) is 11.6 Å². The third kappa shape index (κ3) is 3.32. The lowest BCUT2D eigenvalue weighted by molar-refractivity contribution is -0.00461. The molecule has 1 saturated heterocycles. The average molecular weight is 370 g/mol. The molecule has 0 amide bonds. The van der Waals surface area contributed by atoms with Gasteiger partial charge in [0.25, 0.3) is 0 Å². The summed E-state index contributed by atoms with van der Waals surface area (Å²) in [5.41, 5.74) is 5.94. The Kier molecular flexibility index (Phi) is 5.65. The first-order chi connectivity index (χ1) is 9.10. The van der Waals surface area contributed by atoms with Crippen molar-refractivity contribution in [1.82, 2.24) is 4.90 Å². The topological polar surface area (TPSA) is 47.7 Å². The molecule has 3 atom stereocenters. The van der Waals surface area contributed by atoms with E-state index >= 15 is 0 Å². The van der Waals surface area contributed by atoms with Crippen molar-refractivity contribution in [3.05, 3.63) is 19.8 Å². The number of rotatable bonds is 5. The molecule has 1 aliphatic heterocycles. The molecule has 0 bridgehead atoms. The Balaban J connectivity index is 2.14. The third-order valence-electron chi connectivity index (χ3n) is 3.51. The van der Waals surface area contributed by atoms with Crippen LogP contribution in [0.25, 0.3) is 0 Å². The minimum Gasteiger partial charge on any atom is -0.377 e. The van der Waals surface area contributed by atoms with Crippen molar-refractivity contribution in [3.63, 3.8) is 0 Å². The molecule has 1 aliphatic rings. The lowest BCUT2D eigenvalue weighted by Crippen LogP contribution is -2.32. The number of nitrogens with two attached hydrogens (primary N) is 1. The van der Waals surface area contributed by atoms with Gasteiger partial charge in [-0.2, -0.15) is 0 Å². The van der Waals surface area contributed by atoms with Crippen molar-refractivity contribution in [3.8, 4) is 0 Å². The van der Waals surface area contributed by atoms with Gasteiger partial charge in [0.2, 0.25) is 0 Å². The van der Waals surface area contributed by atoms with E-state index in [0.29, 0.717) is 6.54 Å². The molecule has 3 unspecified atom stereocenters. The highest BCUT2D eigenvalue weighted by Crippen LogP contribution is 2.38. The standard InChI is InChI=1S/C12H18BrClN2O2S/c1-17-9-5-16(6-10(9)18-2)8(4-15)11-3-7(13)12(14)19-11/h3,8-10H,4-6,15H2,1-2H3. The number of thiophene rings is 1. The summed E-state index contributed by atoms with van der Waals surface area (Å²) < 4.78 is 12.6. The van der Waals surface area contributed by atoms with Crippen LogP contribution < -0.4 is 5.73 Å². The van der Waals surface area contributed by atoms with Gasteiger partial charge in [-0.3, -0.25) is 4.90 Å². The first kappa shape index (κ1) is 15.7. The van der Waals surface area contributed by atoms with E-state index in [0.717, 1.165) is 21.9 Å². The second-order valence-corrected chi connectivity index (χ2v) is 7.06. The van der Waals surface area contributed by atoms with Gasteiger partial charge in [0.05, 0.1) is 18.2 Å². The van der Waals surface area contributed by atoms with E-state index < -0.39 is 0 Å². The van der Waals surface area contributed by atoms with Crippen molar-refractivity contribution in [2.24, 2.45) is 5.73 Å². The lowest BCUT2D eigenvalue weighted by atomic mass is 10.2. The van der Waals surface area contributed by atoms with Gasteiger partial charge < -0.3 is 15.2 Å². The van der Waals surface area contributed by atoms with Crippen LogP contribution in [0.5, 0.6) is 0 Å². The lowest BCUT2D eigenvalue weighted by Gasteiger charge is -2.25. The molecular formula is C12H18BrClN2O2S. The molecule has 0 radical (unpaired) electrons. The van der Waals surface area contributed by atoms with Gasteiger partial charge in [0.1, 0.15) is 4.34 Å². The van der Waals surface area contributed by atoms with Crippen LogP contribution in [0.4, 0.5) is 0 Å². The van der Waals surface area contributed by atoms with Crippen LogP contribution in [0, 0.1) is 0 Å². The zero-order valence-electron chi connectivity index (χ0n) is 10.9. The molecule has 0 spiro atoms. The molecule has 0 aliphatic carbocycles. The van der Waals surface area contributed by atoms with Gasteiger partial charge >= 0.3 is 0 Å². The molecule has 1 fully saturated rings. The highest BCUT2D eigenvalue weighted by atomic mass is 79.9. The Morgan fingerprint density at radius 2 is 2.05 bits per heavy atom. The predicted molar refractivity (Wildman–Crippen MR) is 82.0 cm³/mol. The summed E-state index contributed by atoms with van der Waals surface area (Å²) in [6, 6.07) is 2.21. The van der Waals surface area contributed by atoms with E-state index in [-0.39, 0.29) is 18.2 Å². The molecule has 19 heavy (non-hydrogen) atoms. The van der Waals surface area contributed by atoms with Crippen LogP contribution in [0.2, 0.25) is 4.34 Å². The molecule has 2 rings (SSSR count). The Morgan fingerprint density at radius 1 is 1.47 bits per heavy atom. The Hall–Kier alpha value is 0.310. The van der Waals surface area contributed by atoms with Crippen LogP contribution in [0.1, 0.15) is 10.9 Å². The molecule has 0 saturated carbocycles. The maximum Gasteiger partial charge on any atom is 0.107 e. The summed E-state index contributed by atoms with van der Waals surface area (Å²) in [5, 5.41) is 0. The van der Waals surface area contributed by atoms with Crippen molar-refractivity contribution >= 4 is 38.9 Å². The molecule has 108 valence electrons. The van der Waals surface area contributed by atoms with Crippen LogP contribution >= 0.6 is 38.9 Å². The van der Waals surface area contributed by atoms with Gasteiger partial charge in [0, 0.05) is 43.2 Å². The van der Waals surface area contributed by atoms with Crippen LogP contribution in [0.3, 0.4) is 0 Å². The maximum atomic E-state index is 6.11. The van der Waals surface area contributed by atoms with E-state index in [2.05, 4.69) is 20.8 Å². The first-order valence-corrected chi connectivity index (χ1v) is 8.03. The fourth-order valence-electron chi connectivity index (χ4n) is 2.45. The largest absolute Gasteiger partial charge is 0.377 e. The maximum absolute atomic E-state index is 6.11. The molecule has 4 nitrogen and oxygen atoms in total. The third-order valence-corrected chi connectivity index (χ3v) is 6.08. The first-order valence-electron chi connectivity index (χ1n) is 6.05. The van der Waals surface area contributed by atoms with Gasteiger partial charge in [0.15, 0.2) is 0 Å². The SMILES string of the molecule is COC1CN(C(CN)c2cc(Br)c(Cl)s2)CC1OC. The van der Waals surface area contributed by atoms with Gasteiger partial charge in [-0.15, -0.1) is 11.3 Å². The molecule has 2 heterocycles. The summed E-state index contributed by atoms with van der Waals surface area (Å²) in [5.74, 6) is 0. The normalized spacial score (nSPS) is 25.9. The van der Waals surface area contributed by atoms with Crippen molar-refractivity contribution in [2.75, 3.05) is 33.9 Å². The van der Waals surface area contributed by atoms with Crippen LogP contribution in [-0.2, 0) is 9.47 Å². The van der Waals surface area contributed by atoms with E-state index in [9.17, 15) is 0 Å². The predicted octanol–water partition coefficient (Wildman–Crippen LogP) is 2.51. The van der Waals surface area contributed by atoms with Gasteiger partial charge in [-0.25, -0.2) is 0 Å². The Morgan fingerprint density at radius 3 is 2.42 bits per heavy atom. The minimum atomic E-state index is 0.0953. The molecule has 2 N–H and O–H groups in total. The monoisotopic (exact) mass is 368 g/mol. The molecule has 1 aromatic heterocycles. The number of nitrogens with zero attached hydrogens (tertiary/aromatic N) is 1. The highest BCUT2D eigenvalue weighted by Gasteiger charge is 2.37. The van der Waals surface area contributed by atoms with E-state index in [1.165, 1.54) is 4.88 Å². The number of likely N-dealkylation sites (tertiary alicyclic amines) is 1. The summed E-state index contributed by atoms with van der Waals surface area (Å²) in [6.07, 6.45) is 0.191. The van der Waals surface area contributed by atoms with Crippen LogP contribution in [0.15, 0.2) is 10.5 Å².